The number of carbonyl (C=O) groups excluding carboxylic acids is 2. The van der Waals surface area contributed by atoms with Gasteiger partial charge in [-0.25, -0.2) is 0 Å². The van der Waals surface area contributed by atoms with E-state index in [1.54, 1.807) is 31.4 Å². The molecule has 0 radical (unpaired) electrons. The van der Waals surface area contributed by atoms with Gasteiger partial charge in [0.25, 0.3) is 11.8 Å². The number of hydrogen-bond donors (Lipinski definition) is 3. The van der Waals surface area contributed by atoms with Crippen molar-refractivity contribution in [2.24, 2.45) is 0 Å². The molecule has 0 spiro atoms. The highest BCUT2D eigenvalue weighted by Crippen LogP contribution is 2.33. The number of methoxy groups -OCH3 is 1. The molecule has 3 N–H and O–H groups in total. The highest BCUT2D eigenvalue weighted by atomic mass is 16.5. The van der Waals surface area contributed by atoms with Gasteiger partial charge in [-0.05, 0) is 48.4 Å². The Morgan fingerprint density at radius 2 is 1.91 bits per heavy atom. The molecule has 0 aliphatic carbocycles. The number of anilines is 1. The van der Waals surface area contributed by atoms with Crippen LogP contribution >= 0.6 is 0 Å². The Hall–Kier alpha value is -4.52. The summed E-state index contributed by atoms with van der Waals surface area (Å²) in [5, 5.41) is 6.90. The first kappa shape index (κ1) is 21.3. The zero-order valence-corrected chi connectivity index (χ0v) is 18.6. The van der Waals surface area contributed by atoms with Gasteiger partial charge in [0.15, 0.2) is 11.5 Å². The molecular formula is C27H23N3O4. The fraction of sp³-hybridized carbons (Fsp3) is 0.111. The molecule has 0 atom stereocenters. The summed E-state index contributed by atoms with van der Waals surface area (Å²) < 4.78 is 11.1. The molecule has 2 heterocycles. The van der Waals surface area contributed by atoms with E-state index in [1.807, 2.05) is 48.7 Å². The van der Waals surface area contributed by atoms with Gasteiger partial charge >= 0.3 is 0 Å². The SMILES string of the molecule is COc1ccccc1C=C1Oc2ccc(C(=O)NCCc3c[nH]c4ccccc34)cc2NC1=O. The molecule has 5 rings (SSSR count). The monoisotopic (exact) mass is 453 g/mol. The third-order valence-electron chi connectivity index (χ3n) is 5.71. The molecule has 1 aromatic heterocycles. The lowest BCUT2D eigenvalue weighted by Crippen LogP contribution is -2.27. The van der Waals surface area contributed by atoms with Crippen LogP contribution in [0.5, 0.6) is 11.5 Å². The summed E-state index contributed by atoms with van der Waals surface area (Å²) in [5.74, 6) is 0.642. The van der Waals surface area contributed by atoms with E-state index in [4.69, 9.17) is 9.47 Å². The Morgan fingerprint density at radius 3 is 2.79 bits per heavy atom. The van der Waals surface area contributed by atoms with Gasteiger partial charge in [0, 0.05) is 34.8 Å². The van der Waals surface area contributed by atoms with Gasteiger partial charge in [0.1, 0.15) is 5.75 Å². The summed E-state index contributed by atoms with van der Waals surface area (Å²) in [6, 6.07) is 20.4. The second-order valence-electron chi connectivity index (χ2n) is 7.88. The third-order valence-corrected chi connectivity index (χ3v) is 5.71. The van der Waals surface area contributed by atoms with Crippen LogP contribution in [0.25, 0.3) is 17.0 Å². The maximum atomic E-state index is 12.7. The van der Waals surface area contributed by atoms with Gasteiger partial charge in [0.05, 0.1) is 12.8 Å². The number of aromatic amines is 1. The standard InChI is InChI=1S/C27H23N3O4/c1-33-23-9-5-2-6-17(23)15-25-27(32)30-22-14-18(10-11-24(22)34-25)26(31)28-13-12-19-16-29-21-8-4-3-7-20(19)21/h2-11,14-16,29H,12-13H2,1H3,(H,28,31)(H,30,32). The molecule has 1 aliphatic heterocycles. The number of carbonyl (C=O) groups is 2. The largest absolute Gasteiger partial charge is 0.496 e. The first-order valence-electron chi connectivity index (χ1n) is 10.9. The number of benzene rings is 3. The van der Waals surface area contributed by atoms with E-state index in [2.05, 4.69) is 21.7 Å². The van der Waals surface area contributed by atoms with Crippen LogP contribution in [0.3, 0.4) is 0 Å². The maximum Gasteiger partial charge on any atom is 0.291 e. The average Bonchev–Trinajstić information content (AvgIpc) is 3.27. The number of amides is 2. The van der Waals surface area contributed by atoms with Crippen LogP contribution in [0.4, 0.5) is 5.69 Å². The predicted octanol–water partition coefficient (Wildman–Crippen LogP) is 4.52. The minimum atomic E-state index is -0.393. The van der Waals surface area contributed by atoms with E-state index in [1.165, 1.54) is 0 Å². The number of H-pyrrole nitrogens is 1. The van der Waals surface area contributed by atoms with Crippen molar-refractivity contribution in [2.45, 2.75) is 6.42 Å². The Balaban J connectivity index is 1.26. The van der Waals surface area contributed by atoms with Gasteiger partial charge < -0.3 is 25.1 Å². The number of hydrogen-bond acceptors (Lipinski definition) is 4. The molecule has 7 nitrogen and oxygen atoms in total. The minimum Gasteiger partial charge on any atom is -0.496 e. The maximum absolute atomic E-state index is 12.7. The summed E-state index contributed by atoms with van der Waals surface area (Å²) in [4.78, 5) is 28.5. The summed E-state index contributed by atoms with van der Waals surface area (Å²) >= 11 is 0. The average molecular weight is 453 g/mol. The lowest BCUT2D eigenvalue weighted by atomic mass is 10.1. The van der Waals surface area contributed by atoms with E-state index in [9.17, 15) is 9.59 Å². The smallest absolute Gasteiger partial charge is 0.291 e. The highest BCUT2D eigenvalue weighted by Gasteiger charge is 2.23. The van der Waals surface area contributed by atoms with Gasteiger partial charge in [-0.2, -0.15) is 0 Å². The summed E-state index contributed by atoms with van der Waals surface area (Å²) in [6.07, 6.45) is 4.30. The van der Waals surface area contributed by atoms with Crippen LogP contribution in [-0.2, 0) is 11.2 Å². The second kappa shape index (κ2) is 9.15. The minimum absolute atomic E-state index is 0.146. The predicted molar refractivity (Wildman–Crippen MR) is 131 cm³/mol. The lowest BCUT2D eigenvalue weighted by molar-refractivity contribution is -0.115. The molecule has 0 unspecified atom stereocenters. The zero-order valence-electron chi connectivity index (χ0n) is 18.6. The Kier molecular flexibility index (Phi) is 5.74. The van der Waals surface area contributed by atoms with Crippen molar-refractivity contribution < 1.29 is 19.1 Å². The molecule has 170 valence electrons. The van der Waals surface area contributed by atoms with Crippen LogP contribution < -0.4 is 20.1 Å². The fourth-order valence-corrected chi connectivity index (χ4v) is 3.98. The van der Waals surface area contributed by atoms with E-state index < -0.39 is 5.91 Å². The molecule has 7 heteroatoms. The van der Waals surface area contributed by atoms with Crippen LogP contribution in [0.1, 0.15) is 21.5 Å². The lowest BCUT2D eigenvalue weighted by Gasteiger charge is -2.20. The topological polar surface area (TPSA) is 92.4 Å². The van der Waals surface area contributed by atoms with Crippen molar-refractivity contribution in [2.75, 3.05) is 19.0 Å². The highest BCUT2D eigenvalue weighted by molar-refractivity contribution is 6.09. The fourth-order valence-electron chi connectivity index (χ4n) is 3.98. The first-order chi connectivity index (χ1) is 16.6. The molecule has 0 fully saturated rings. The quantitative estimate of drug-likeness (QED) is 0.374. The van der Waals surface area contributed by atoms with Crippen molar-refractivity contribution >= 4 is 34.5 Å². The van der Waals surface area contributed by atoms with Gasteiger partial charge in [-0.15, -0.1) is 0 Å². The van der Waals surface area contributed by atoms with Crippen molar-refractivity contribution in [3.63, 3.8) is 0 Å². The van der Waals surface area contributed by atoms with E-state index >= 15 is 0 Å². The zero-order chi connectivity index (χ0) is 23.5. The second-order valence-corrected chi connectivity index (χ2v) is 7.88. The van der Waals surface area contributed by atoms with E-state index in [0.29, 0.717) is 35.7 Å². The molecule has 1 aliphatic rings. The summed E-state index contributed by atoms with van der Waals surface area (Å²) in [5.41, 5.74) is 3.85. The number of rotatable bonds is 6. The molecule has 0 saturated carbocycles. The van der Waals surface area contributed by atoms with Crippen LogP contribution in [0.2, 0.25) is 0 Å². The molecule has 4 aromatic rings. The van der Waals surface area contributed by atoms with Crippen LogP contribution in [0, 0.1) is 0 Å². The summed E-state index contributed by atoms with van der Waals surface area (Å²) in [7, 11) is 1.57. The van der Waals surface area contributed by atoms with Gasteiger partial charge in [-0.1, -0.05) is 36.4 Å². The molecule has 34 heavy (non-hydrogen) atoms. The van der Waals surface area contributed by atoms with Gasteiger partial charge in [0.2, 0.25) is 0 Å². The third kappa shape index (κ3) is 4.23. The van der Waals surface area contributed by atoms with Crippen LogP contribution in [-0.4, -0.2) is 30.5 Å². The van der Waals surface area contributed by atoms with E-state index in [0.717, 1.165) is 22.0 Å². The number of para-hydroxylation sites is 2. The van der Waals surface area contributed by atoms with Crippen molar-refractivity contribution in [1.82, 2.24) is 10.3 Å². The Morgan fingerprint density at radius 1 is 1.09 bits per heavy atom. The number of ether oxygens (including phenoxy) is 2. The Labute approximate surface area is 196 Å². The van der Waals surface area contributed by atoms with Gasteiger partial charge in [-0.3, -0.25) is 9.59 Å². The normalized spacial score (nSPS) is 13.8. The van der Waals surface area contributed by atoms with Crippen molar-refractivity contribution in [3.05, 3.63) is 95.4 Å². The molecule has 2 amide bonds. The Bertz CT molecular complexity index is 1420. The van der Waals surface area contributed by atoms with Crippen molar-refractivity contribution in [1.29, 1.82) is 0 Å². The molecule has 0 saturated heterocycles. The van der Waals surface area contributed by atoms with Crippen LogP contribution in [0.15, 0.2) is 78.7 Å². The number of aromatic nitrogens is 1. The number of nitrogens with one attached hydrogen (secondary N) is 3. The first-order valence-corrected chi connectivity index (χ1v) is 10.9. The molecule has 0 bridgehead atoms. The molecule has 3 aromatic carbocycles. The molecular weight excluding hydrogens is 430 g/mol. The van der Waals surface area contributed by atoms with E-state index in [-0.39, 0.29) is 11.7 Å². The number of fused-ring (bicyclic) bond motifs is 2. The van der Waals surface area contributed by atoms with Crippen molar-refractivity contribution in [3.8, 4) is 11.5 Å². The summed E-state index contributed by atoms with van der Waals surface area (Å²) in [6.45, 7) is 0.492.